The van der Waals surface area contributed by atoms with Crippen molar-refractivity contribution < 1.29 is 19.0 Å². The van der Waals surface area contributed by atoms with Crippen LogP contribution in [0.25, 0.3) is 11.0 Å². The molecule has 0 bridgehead atoms. The molecule has 2 aromatic carbocycles. The van der Waals surface area contributed by atoms with Crippen LogP contribution < -0.4 is 19.5 Å². The number of aryl methyl sites for hydroxylation is 2. The van der Waals surface area contributed by atoms with Gasteiger partial charge in [0.1, 0.15) is 11.5 Å². The van der Waals surface area contributed by atoms with E-state index in [4.69, 9.17) is 14.2 Å². The number of nitrogens with one attached hydrogen (secondary N) is 1. The molecule has 0 unspecified atom stereocenters. The molecule has 7 nitrogen and oxygen atoms in total. The lowest BCUT2D eigenvalue weighted by Crippen LogP contribution is -2.17. The van der Waals surface area contributed by atoms with Crippen LogP contribution in [0.4, 0.5) is 5.69 Å². The third-order valence-electron chi connectivity index (χ3n) is 4.55. The predicted octanol–water partition coefficient (Wildman–Crippen LogP) is 4.70. The predicted molar refractivity (Wildman–Crippen MR) is 117 cm³/mol. The van der Waals surface area contributed by atoms with Crippen LogP contribution in [-0.2, 0) is 0 Å². The average molecular weight is 409 g/mol. The van der Waals surface area contributed by atoms with Crippen molar-refractivity contribution in [2.24, 2.45) is 0 Å². The quantitative estimate of drug-likeness (QED) is 0.581. The maximum atomic E-state index is 13.1. The molecular weight excluding hydrogens is 382 g/mol. The molecule has 3 aromatic rings. The molecule has 0 saturated carbocycles. The first-order valence-corrected chi connectivity index (χ1v) is 10.1. The van der Waals surface area contributed by atoms with Gasteiger partial charge in [0.15, 0.2) is 5.69 Å². The molecule has 30 heavy (non-hydrogen) atoms. The van der Waals surface area contributed by atoms with Crippen molar-refractivity contribution in [3.63, 3.8) is 0 Å². The Morgan fingerprint density at radius 3 is 2.13 bits per heavy atom. The summed E-state index contributed by atoms with van der Waals surface area (Å²) < 4.78 is 16.8. The molecule has 0 aliphatic carbocycles. The molecule has 1 N–H and O–H groups in total. The zero-order chi connectivity index (χ0) is 21.7. The van der Waals surface area contributed by atoms with Crippen LogP contribution in [0, 0.1) is 13.8 Å². The summed E-state index contributed by atoms with van der Waals surface area (Å²) >= 11 is 0. The van der Waals surface area contributed by atoms with Crippen LogP contribution in [0.2, 0.25) is 0 Å². The number of amides is 1. The van der Waals surface area contributed by atoms with E-state index in [2.05, 4.69) is 15.3 Å². The molecule has 158 valence electrons. The van der Waals surface area contributed by atoms with Gasteiger partial charge in [-0.15, -0.1) is 0 Å². The number of ether oxygens (including phenoxy) is 3. The number of carbonyl (C=O) groups is 1. The van der Waals surface area contributed by atoms with Crippen molar-refractivity contribution in [3.05, 3.63) is 47.2 Å². The van der Waals surface area contributed by atoms with Gasteiger partial charge < -0.3 is 19.5 Å². The van der Waals surface area contributed by atoms with Gasteiger partial charge >= 0.3 is 0 Å². The molecule has 0 saturated heterocycles. The second-order valence-electron chi connectivity index (χ2n) is 6.71. The van der Waals surface area contributed by atoms with Gasteiger partial charge in [-0.25, -0.2) is 9.97 Å². The lowest BCUT2D eigenvalue weighted by Gasteiger charge is -2.15. The third kappa shape index (κ3) is 4.62. The Labute approximate surface area is 176 Å². The van der Waals surface area contributed by atoms with E-state index < -0.39 is 5.91 Å². The number of benzene rings is 2. The average Bonchev–Trinajstić information content (AvgIpc) is 2.71. The summed E-state index contributed by atoms with van der Waals surface area (Å²) in [6, 6.07) is 9.17. The summed E-state index contributed by atoms with van der Waals surface area (Å²) in [6.45, 7) is 11.0. The molecule has 0 radical (unpaired) electrons. The highest BCUT2D eigenvalue weighted by molar-refractivity contribution is 6.06. The van der Waals surface area contributed by atoms with Crippen LogP contribution >= 0.6 is 0 Å². The maximum Gasteiger partial charge on any atom is 0.280 e. The summed E-state index contributed by atoms with van der Waals surface area (Å²) in [4.78, 5) is 22.2. The zero-order valence-corrected chi connectivity index (χ0v) is 18.0. The van der Waals surface area contributed by atoms with Crippen LogP contribution in [0.3, 0.4) is 0 Å². The zero-order valence-electron chi connectivity index (χ0n) is 18.0. The second kappa shape index (κ2) is 9.43. The highest BCUT2D eigenvalue weighted by Gasteiger charge is 2.20. The van der Waals surface area contributed by atoms with E-state index in [1.165, 1.54) is 0 Å². The van der Waals surface area contributed by atoms with Gasteiger partial charge in [-0.05, 0) is 70.0 Å². The van der Waals surface area contributed by atoms with Gasteiger partial charge in [0.2, 0.25) is 5.88 Å². The van der Waals surface area contributed by atoms with Gasteiger partial charge in [0.05, 0.1) is 36.5 Å². The van der Waals surface area contributed by atoms with Crippen LogP contribution in [0.5, 0.6) is 17.4 Å². The van der Waals surface area contributed by atoms with Crippen molar-refractivity contribution in [1.29, 1.82) is 0 Å². The first-order chi connectivity index (χ1) is 14.5. The van der Waals surface area contributed by atoms with Gasteiger partial charge in [-0.3, -0.25) is 4.79 Å². The highest BCUT2D eigenvalue weighted by atomic mass is 16.5. The van der Waals surface area contributed by atoms with Gasteiger partial charge in [0, 0.05) is 6.07 Å². The third-order valence-corrected chi connectivity index (χ3v) is 4.55. The molecular formula is C23H27N3O4. The second-order valence-corrected chi connectivity index (χ2v) is 6.71. The Hall–Kier alpha value is -3.35. The molecule has 3 rings (SSSR count). The first-order valence-electron chi connectivity index (χ1n) is 10.1. The fraction of sp³-hybridized carbons (Fsp3) is 0.348. The molecule has 0 aliphatic heterocycles. The summed E-state index contributed by atoms with van der Waals surface area (Å²) in [7, 11) is 0. The van der Waals surface area contributed by atoms with Crippen LogP contribution in [0.1, 0.15) is 42.4 Å². The lowest BCUT2D eigenvalue weighted by molar-refractivity contribution is 0.101. The van der Waals surface area contributed by atoms with Crippen molar-refractivity contribution in [1.82, 2.24) is 9.97 Å². The Bertz CT molecular complexity index is 1070. The Balaban J connectivity index is 2.02. The summed E-state index contributed by atoms with van der Waals surface area (Å²) in [6.07, 6.45) is 0. The number of fused-ring (bicyclic) bond motifs is 1. The molecule has 0 fully saturated rings. The first kappa shape index (κ1) is 21.4. The Morgan fingerprint density at radius 1 is 0.867 bits per heavy atom. The smallest absolute Gasteiger partial charge is 0.280 e. The normalized spacial score (nSPS) is 10.7. The van der Waals surface area contributed by atoms with Gasteiger partial charge in [-0.2, -0.15) is 0 Å². The minimum absolute atomic E-state index is 0.122. The lowest BCUT2D eigenvalue weighted by atomic mass is 10.1. The number of carbonyl (C=O) groups excluding carboxylic acids is 1. The molecule has 1 heterocycles. The fourth-order valence-corrected chi connectivity index (χ4v) is 3.01. The number of rotatable bonds is 8. The number of anilines is 1. The van der Waals surface area contributed by atoms with Crippen molar-refractivity contribution >= 4 is 22.6 Å². The van der Waals surface area contributed by atoms with Crippen molar-refractivity contribution in [2.75, 3.05) is 25.1 Å². The minimum Gasteiger partial charge on any atom is -0.494 e. The van der Waals surface area contributed by atoms with E-state index in [0.717, 1.165) is 11.1 Å². The standard InChI is InChI=1S/C23H27N3O4/c1-6-28-16-9-10-20(29-7-2)19(13-16)25-22(27)21-23(30-8-3)26-18-12-15(5)14(4)11-17(18)24-21/h9-13H,6-8H2,1-5H3,(H,25,27). The summed E-state index contributed by atoms with van der Waals surface area (Å²) in [5, 5.41) is 2.87. The van der Waals surface area contributed by atoms with E-state index in [9.17, 15) is 4.79 Å². The monoisotopic (exact) mass is 409 g/mol. The number of hydrogen-bond acceptors (Lipinski definition) is 6. The summed E-state index contributed by atoms with van der Waals surface area (Å²) in [5.74, 6) is 0.954. The maximum absolute atomic E-state index is 13.1. The van der Waals surface area contributed by atoms with E-state index in [0.29, 0.717) is 48.0 Å². The molecule has 1 aromatic heterocycles. The highest BCUT2D eigenvalue weighted by Crippen LogP contribution is 2.31. The van der Waals surface area contributed by atoms with Crippen LogP contribution in [-0.4, -0.2) is 35.7 Å². The number of hydrogen-bond donors (Lipinski definition) is 1. The largest absolute Gasteiger partial charge is 0.494 e. The molecule has 1 amide bonds. The van der Waals surface area contributed by atoms with E-state index in [-0.39, 0.29) is 11.6 Å². The molecule has 0 atom stereocenters. The Kier molecular flexibility index (Phi) is 6.72. The topological polar surface area (TPSA) is 82.6 Å². The Morgan fingerprint density at radius 2 is 1.50 bits per heavy atom. The van der Waals surface area contributed by atoms with E-state index in [1.54, 1.807) is 18.2 Å². The fourth-order valence-electron chi connectivity index (χ4n) is 3.01. The minimum atomic E-state index is -0.430. The van der Waals surface area contributed by atoms with E-state index in [1.807, 2.05) is 46.8 Å². The van der Waals surface area contributed by atoms with Crippen molar-refractivity contribution in [2.45, 2.75) is 34.6 Å². The SMILES string of the molecule is CCOc1ccc(OCC)c(NC(=O)c2nc3cc(C)c(C)cc3nc2OCC)c1. The molecule has 7 heteroatoms. The molecule has 0 spiro atoms. The van der Waals surface area contributed by atoms with E-state index >= 15 is 0 Å². The van der Waals surface area contributed by atoms with Gasteiger partial charge in [-0.1, -0.05) is 0 Å². The van der Waals surface area contributed by atoms with Gasteiger partial charge in [0.25, 0.3) is 5.91 Å². The van der Waals surface area contributed by atoms with Crippen molar-refractivity contribution in [3.8, 4) is 17.4 Å². The molecule has 0 aliphatic rings. The van der Waals surface area contributed by atoms with Crippen LogP contribution in [0.15, 0.2) is 30.3 Å². The number of aromatic nitrogens is 2. The number of nitrogens with zero attached hydrogens (tertiary/aromatic N) is 2. The summed E-state index contributed by atoms with van der Waals surface area (Å²) in [5.41, 5.74) is 4.13.